The third kappa shape index (κ3) is 3.57. The molecule has 1 aromatic carbocycles. The Kier molecular flexibility index (Phi) is 3.96. The van der Waals surface area contributed by atoms with Gasteiger partial charge in [-0.2, -0.15) is 18.2 Å². The number of alkyl halides is 3. The van der Waals surface area contributed by atoms with Crippen LogP contribution in [-0.2, 0) is 6.18 Å². The second-order valence-electron chi connectivity index (χ2n) is 3.39. The zero-order chi connectivity index (χ0) is 14.0. The molecule has 0 spiro atoms. The van der Waals surface area contributed by atoms with Crippen molar-refractivity contribution in [1.82, 2.24) is 9.97 Å². The summed E-state index contributed by atoms with van der Waals surface area (Å²) in [5, 5.41) is -0.531. The van der Waals surface area contributed by atoms with Gasteiger partial charge in [0.2, 0.25) is 11.2 Å². The fourth-order valence-electron chi connectivity index (χ4n) is 1.23. The Morgan fingerprint density at radius 1 is 1.16 bits per heavy atom. The quantitative estimate of drug-likeness (QED) is 0.734. The normalized spacial score (nSPS) is 11.4. The van der Waals surface area contributed by atoms with Crippen LogP contribution in [0.3, 0.4) is 0 Å². The van der Waals surface area contributed by atoms with Gasteiger partial charge in [0, 0.05) is 6.07 Å². The molecule has 0 fully saturated rings. The van der Waals surface area contributed by atoms with Crippen molar-refractivity contribution in [1.29, 1.82) is 0 Å². The highest BCUT2D eigenvalue weighted by Crippen LogP contribution is 2.33. The van der Waals surface area contributed by atoms with Crippen LogP contribution >= 0.6 is 27.5 Å². The van der Waals surface area contributed by atoms with Gasteiger partial charge >= 0.3 is 6.18 Å². The molecule has 0 atom stereocenters. The number of nitrogens with zero attached hydrogens (tertiary/aromatic N) is 2. The van der Waals surface area contributed by atoms with Gasteiger partial charge in [-0.3, -0.25) is 0 Å². The first-order valence-corrected chi connectivity index (χ1v) is 6.07. The minimum atomic E-state index is -4.61. The van der Waals surface area contributed by atoms with Crippen molar-refractivity contribution in [2.75, 3.05) is 0 Å². The fourth-order valence-corrected chi connectivity index (χ4v) is 1.77. The van der Waals surface area contributed by atoms with Gasteiger partial charge < -0.3 is 4.74 Å². The van der Waals surface area contributed by atoms with Gasteiger partial charge in [-0.15, -0.1) is 0 Å². The maximum Gasteiger partial charge on any atom is 0.433 e. The summed E-state index contributed by atoms with van der Waals surface area (Å²) in [5.41, 5.74) is -1.16. The van der Waals surface area contributed by atoms with Crippen LogP contribution in [-0.4, -0.2) is 9.97 Å². The summed E-state index contributed by atoms with van der Waals surface area (Å²) in [4.78, 5) is 6.70. The molecule has 100 valence electrons. The topological polar surface area (TPSA) is 35.0 Å². The van der Waals surface area contributed by atoms with E-state index in [2.05, 4.69) is 25.9 Å². The number of halogens is 5. The number of hydrogen-bond donors (Lipinski definition) is 0. The Labute approximate surface area is 119 Å². The average Bonchev–Trinajstić information content (AvgIpc) is 2.30. The highest BCUT2D eigenvalue weighted by molar-refractivity contribution is 9.10. The molecule has 0 aliphatic rings. The monoisotopic (exact) mass is 352 g/mol. The van der Waals surface area contributed by atoms with Gasteiger partial charge in [0.05, 0.1) is 4.47 Å². The Bertz CT molecular complexity index is 607. The lowest BCUT2D eigenvalue weighted by Gasteiger charge is -2.09. The number of hydrogen-bond acceptors (Lipinski definition) is 3. The third-order valence-electron chi connectivity index (χ3n) is 2.02. The molecule has 0 unspecified atom stereocenters. The molecular formula is C11H5BrClF3N2O. The van der Waals surface area contributed by atoms with Crippen molar-refractivity contribution in [2.24, 2.45) is 0 Å². The molecule has 0 aliphatic heterocycles. The van der Waals surface area contributed by atoms with E-state index < -0.39 is 17.2 Å². The molecule has 0 aliphatic carbocycles. The van der Waals surface area contributed by atoms with Gasteiger partial charge in [-0.1, -0.05) is 12.1 Å². The SMILES string of the molecule is FC(F)(F)c1cc(Oc2ccccc2Br)nc(Cl)n1. The van der Waals surface area contributed by atoms with E-state index in [9.17, 15) is 13.2 Å². The summed E-state index contributed by atoms with van der Waals surface area (Å²) in [6, 6.07) is 7.36. The summed E-state index contributed by atoms with van der Waals surface area (Å²) in [5.74, 6) is 0.0459. The predicted octanol–water partition coefficient (Wildman–Crippen LogP) is 4.70. The first-order valence-electron chi connectivity index (χ1n) is 4.90. The molecule has 2 rings (SSSR count). The van der Waals surface area contributed by atoms with E-state index in [4.69, 9.17) is 16.3 Å². The minimum Gasteiger partial charge on any atom is -0.438 e. The van der Waals surface area contributed by atoms with E-state index >= 15 is 0 Å². The standard InChI is InChI=1S/C11H5BrClF3N2O/c12-6-3-1-2-4-7(6)19-9-5-8(11(14,15)16)17-10(13)18-9/h1-5H. The lowest BCUT2D eigenvalue weighted by Crippen LogP contribution is -2.09. The fraction of sp³-hybridized carbons (Fsp3) is 0.0909. The molecule has 0 N–H and O–H groups in total. The maximum atomic E-state index is 12.6. The molecule has 0 amide bonds. The first kappa shape index (κ1) is 14.1. The first-order chi connectivity index (χ1) is 8.86. The summed E-state index contributed by atoms with van der Waals surface area (Å²) < 4.78 is 43.5. The van der Waals surface area contributed by atoms with Crippen molar-refractivity contribution in [3.05, 3.63) is 45.8 Å². The van der Waals surface area contributed by atoms with E-state index in [1.807, 2.05) is 0 Å². The Balaban J connectivity index is 2.36. The lowest BCUT2D eigenvalue weighted by atomic mass is 10.3. The maximum absolute atomic E-state index is 12.6. The molecule has 0 bridgehead atoms. The van der Waals surface area contributed by atoms with Crippen LogP contribution in [0.1, 0.15) is 5.69 Å². The van der Waals surface area contributed by atoms with Crippen molar-refractivity contribution in [3.8, 4) is 11.6 Å². The van der Waals surface area contributed by atoms with Crippen molar-refractivity contribution < 1.29 is 17.9 Å². The molecular weight excluding hydrogens is 348 g/mol. The molecule has 0 saturated carbocycles. The molecule has 0 saturated heterocycles. The van der Waals surface area contributed by atoms with Crippen LogP contribution in [0.25, 0.3) is 0 Å². The van der Waals surface area contributed by atoms with Crippen molar-refractivity contribution >= 4 is 27.5 Å². The molecule has 1 aromatic heterocycles. The van der Waals surface area contributed by atoms with Crippen LogP contribution in [0.15, 0.2) is 34.8 Å². The van der Waals surface area contributed by atoms with Gasteiger partial charge in [-0.25, -0.2) is 4.98 Å². The van der Waals surface area contributed by atoms with Gasteiger partial charge in [0.1, 0.15) is 5.75 Å². The smallest absolute Gasteiger partial charge is 0.433 e. The molecule has 0 radical (unpaired) electrons. The lowest BCUT2D eigenvalue weighted by molar-refractivity contribution is -0.141. The summed E-state index contributed by atoms with van der Waals surface area (Å²) in [7, 11) is 0. The van der Waals surface area contributed by atoms with Crippen LogP contribution in [0, 0.1) is 0 Å². The summed E-state index contributed by atoms with van der Waals surface area (Å²) in [6.45, 7) is 0. The van der Waals surface area contributed by atoms with Crippen molar-refractivity contribution in [2.45, 2.75) is 6.18 Å². The van der Waals surface area contributed by atoms with Crippen LogP contribution in [0.2, 0.25) is 5.28 Å². The zero-order valence-corrected chi connectivity index (χ0v) is 11.4. The van der Waals surface area contributed by atoms with Gasteiger partial charge in [0.25, 0.3) is 0 Å². The number of para-hydroxylation sites is 1. The van der Waals surface area contributed by atoms with Gasteiger partial charge in [-0.05, 0) is 39.7 Å². The third-order valence-corrected chi connectivity index (χ3v) is 2.84. The van der Waals surface area contributed by atoms with E-state index in [-0.39, 0.29) is 5.88 Å². The number of ether oxygens (including phenoxy) is 1. The Morgan fingerprint density at radius 2 is 1.84 bits per heavy atom. The van der Waals surface area contributed by atoms with E-state index in [1.165, 1.54) is 0 Å². The van der Waals surface area contributed by atoms with Crippen LogP contribution < -0.4 is 4.74 Å². The van der Waals surface area contributed by atoms with Crippen LogP contribution in [0.4, 0.5) is 13.2 Å². The molecule has 1 heterocycles. The summed E-state index contributed by atoms with van der Waals surface area (Å²) >= 11 is 8.65. The molecule has 19 heavy (non-hydrogen) atoms. The minimum absolute atomic E-state index is 0.278. The zero-order valence-electron chi connectivity index (χ0n) is 9.08. The van der Waals surface area contributed by atoms with Gasteiger partial charge in [0.15, 0.2) is 5.69 Å². The Morgan fingerprint density at radius 3 is 2.47 bits per heavy atom. The van der Waals surface area contributed by atoms with E-state index in [1.54, 1.807) is 24.3 Å². The second-order valence-corrected chi connectivity index (χ2v) is 4.58. The summed E-state index contributed by atoms with van der Waals surface area (Å²) in [6.07, 6.45) is -4.61. The highest BCUT2D eigenvalue weighted by Gasteiger charge is 2.34. The highest BCUT2D eigenvalue weighted by atomic mass is 79.9. The second kappa shape index (κ2) is 5.34. The van der Waals surface area contributed by atoms with Crippen LogP contribution in [0.5, 0.6) is 11.6 Å². The molecule has 8 heteroatoms. The van der Waals surface area contributed by atoms with E-state index in [0.29, 0.717) is 16.3 Å². The average molecular weight is 354 g/mol. The Hall–Kier alpha value is -1.34. The largest absolute Gasteiger partial charge is 0.438 e. The molecule has 3 nitrogen and oxygen atoms in total. The number of rotatable bonds is 2. The number of benzene rings is 1. The number of aromatic nitrogens is 2. The van der Waals surface area contributed by atoms with E-state index in [0.717, 1.165) is 0 Å². The molecule has 2 aromatic rings. The predicted molar refractivity (Wildman–Crippen MR) is 66.3 cm³/mol. The van der Waals surface area contributed by atoms with Crippen molar-refractivity contribution in [3.63, 3.8) is 0 Å².